The van der Waals surface area contributed by atoms with Crippen molar-refractivity contribution >= 4 is 17.4 Å². The van der Waals surface area contributed by atoms with Crippen LogP contribution in [0.2, 0.25) is 0 Å². The van der Waals surface area contributed by atoms with E-state index in [4.69, 9.17) is 11.5 Å². The van der Waals surface area contributed by atoms with Crippen LogP contribution in [0.3, 0.4) is 0 Å². The van der Waals surface area contributed by atoms with E-state index in [1.54, 1.807) is 0 Å². The van der Waals surface area contributed by atoms with Crippen LogP contribution < -0.4 is 16.8 Å². The Kier molecular flexibility index (Phi) is 3.57. The molecule has 2 aliphatic rings. The minimum Gasteiger partial charge on any atom is -0.385 e. The summed E-state index contributed by atoms with van der Waals surface area (Å²) in [5, 5.41) is 7.92. The highest BCUT2D eigenvalue weighted by molar-refractivity contribution is 5.90. The number of hydrogen-bond acceptors (Lipinski definition) is 5. The number of benzene rings is 1. The number of para-hydroxylation sites is 1. The van der Waals surface area contributed by atoms with Crippen molar-refractivity contribution in [1.29, 1.82) is 0 Å². The Morgan fingerprint density at radius 2 is 2.21 bits per heavy atom. The number of aryl methyl sites for hydroxylation is 1. The zero-order chi connectivity index (χ0) is 16.8. The Hall–Kier alpha value is -2.34. The number of nitrogens with zero attached hydrogens (tertiary/aromatic N) is 2. The molecule has 4 rings (SSSR count). The lowest BCUT2D eigenvalue weighted by molar-refractivity contribution is 0.0859. The minimum atomic E-state index is -0.210. The van der Waals surface area contributed by atoms with E-state index in [0.717, 1.165) is 53.9 Å². The second-order valence-corrected chi connectivity index (χ2v) is 6.87. The topological polar surface area (TPSA) is 99.0 Å². The Balaban J connectivity index is 1.73. The van der Waals surface area contributed by atoms with Gasteiger partial charge in [0, 0.05) is 30.3 Å². The van der Waals surface area contributed by atoms with Crippen LogP contribution in [-0.4, -0.2) is 28.3 Å². The van der Waals surface area contributed by atoms with Crippen LogP contribution in [0.25, 0.3) is 0 Å². The first-order valence-corrected chi connectivity index (χ1v) is 8.55. The Labute approximate surface area is 141 Å². The molecule has 6 nitrogen and oxygen atoms in total. The van der Waals surface area contributed by atoms with E-state index in [2.05, 4.69) is 23.4 Å². The van der Waals surface area contributed by atoms with E-state index in [1.807, 2.05) is 12.1 Å². The lowest BCUT2D eigenvalue weighted by Crippen LogP contribution is -2.29. The number of anilines is 2. The van der Waals surface area contributed by atoms with Gasteiger partial charge in [0.2, 0.25) is 0 Å². The van der Waals surface area contributed by atoms with Gasteiger partial charge < -0.3 is 16.8 Å². The van der Waals surface area contributed by atoms with Crippen molar-refractivity contribution in [3.05, 3.63) is 40.6 Å². The average molecular weight is 325 g/mol. The number of fused-ring (bicyclic) bond motifs is 2. The molecular weight excluding hydrogens is 302 g/mol. The van der Waals surface area contributed by atoms with Gasteiger partial charge in [-0.1, -0.05) is 18.2 Å². The Bertz CT molecular complexity index is 810. The summed E-state index contributed by atoms with van der Waals surface area (Å²) in [5.41, 5.74) is 17.4. The maximum absolute atomic E-state index is 13.2. The predicted molar refractivity (Wildman–Crippen MR) is 94.3 cm³/mol. The maximum atomic E-state index is 13.2. The molecule has 1 aliphatic carbocycles. The summed E-state index contributed by atoms with van der Waals surface area (Å²) in [4.78, 5) is 13.2. The van der Waals surface area contributed by atoms with Gasteiger partial charge in [-0.25, -0.2) is 0 Å². The van der Waals surface area contributed by atoms with Crippen molar-refractivity contribution in [2.75, 3.05) is 17.6 Å². The molecule has 0 spiro atoms. The van der Waals surface area contributed by atoms with Crippen molar-refractivity contribution in [3.63, 3.8) is 0 Å². The molecule has 5 N–H and O–H groups in total. The van der Waals surface area contributed by atoms with Gasteiger partial charge in [0.15, 0.2) is 0 Å². The number of nitrogens with one attached hydrogen (secondary N) is 1. The zero-order valence-electron chi connectivity index (χ0n) is 13.9. The first kappa shape index (κ1) is 15.2. The fraction of sp³-hybridized carbons (Fsp3) is 0.444. The van der Waals surface area contributed by atoms with E-state index in [0.29, 0.717) is 12.2 Å². The smallest absolute Gasteiger partial charge is 0.256 e. The molecule has 1 aromatic heterocycles. The number of nitrogens with two attached hydrogens (primary N) is 2. The number of carbonyl (C=O) groups is 1. The molecule has 0 saturated heterocycles. The van der Waals surface area contributed by atoms with Crippen LogP contribution in [0.1, 0.15) is 45.9 Å². The Morgan fingerprint density at radius 1 is 1.38 bits per heavy atom. The minimum absolute atomic E-state index is 0.0381. The standard InChI is InChI=1S/C18H23N5O/c1-10-3-2-4-12-13(7-8-21-16(10)12)18(24)23-17(20)14-6-5-11(19)9-15(14)22-23/h2-4,11,13,21H,5-9,19-20H2,1H3/t11-,13?/m1/s1. The second-order valence-electron chi connectivity index (χ2n) is 6.87. The number of aromatic nitrogens is 2. The summed E-state index contributed by atoms with van der Waals surface area (Å²) in [6.45, 7) is 2.83. The first-order chi connectivity index (χ1) is 11.6. The molecule has 2 aromatic rings. The van der Waals surface area contributed by atoms with Crippen LogP contribution in [-0.2, 0) is 12.8 Å². The largest absolute Gasteiger partial charge is 0.385 e. The quantitative estimate of drug-likeness (QED) is 0.743. The molecule has 126 valence electrons. The van der Waals surface area contributed by atoms with Gasteiger partial charge in [0.1, 0.15) is 5.82 Å². The molecule has 24 heavy (non-hydrogen) atoms. The second kappa shape index (κ2) is 5.63. The van der Waals surface area contributed by atoms with Crippen LogP contribution in [0.5, 0.6) is 0 Å². The monoisotopic (exact) mass is 325 g/mol. The maximum Gasteiger partial charge on any atom is 0.256 e. The van der Waals surface area contributed by atoms with Crippen LogP contribution in [0.15, 0.2) is 18.2 Å². The summed E-state index contributed by atoms with van der Waals surface area (Å²) in [7, 11) is 0. The molecule has 0 radical (unpaired) electrons. The van der Waals surface area contributed by atoms with E-state index in [1.165, 1.54) is 4.68 Å². The number of rotatable bonds is 1. The summed E-state index contributed by atoms with van der Waals surface area (Å²) in [6, 6.07) is 6.18. The third-order valence-corrected chi connectivity index (χ3v) is 5.25. The van der Waals surface area contributed by atoms with E-state index >= 15 is 0 Å². The van der Waals surface area contributed by atoms with Gasteiger partial charge in [0.25, 0.3) is 5.91 Å². The first-order valence-electron chi connectivity index (χ1n) is 8.55. The number of nitrogen functional groups attached to an aromatic ring is 1. The lowest BCUT2D eigenvalue weighted by Gasteiger charge is -2.27. The molecule has 2 heterocycles. The summed E-state index contributed by atoms with van der Waals surface area (Å²) >= 11 is 0. The molecular formula is C18H23N5O. The van der Waals surface area contributed by atoms with E-state index < -0.39 is 0 Å². The summed E-state index contributed by atoms with van der Waals surface area (Å²) < 4.78 is 1.42. The fourth-order valence-electron chi connectivity index (χ4n) is 3.92. The zero-order valence-corrected chi connectivity index (χ0v) is 13.9. The summed E-state index contributed by atoms with van der Waals surface area (Å²) in [5.74, 6) is 0.247. The average Bonchev–Trinajstić information content (AvgIpc) is 2.90. The molecule has 0 bridgehead atoms. The highest BCUT2D eigenvalue weighted by Gasteiger charge is 2.32. The van der Waals surface area contributed by atoms with Crippen molar-refractivity contribution in [2.45, 2.75) is 44.6 Å². The van der Waals surface area contributed by atoms with Crippen molar-refractivity contribution in [1.82, 2.24) is 9.78 Å². The Morgan fingerprint density at radius 3 is 3.04 bits per heavy atom. The summed E-state index contributed by atoms with van der Waals surface area (Å²) in [6.07, 6.45) is 3.14. The van der Waals surface area contributed by atoms with Gasteiger partial charge in [-0.05, 0) is 37.3 Å². The van der Waals surface area contributed by atoms with Gasteiger partial charge in [-0.15, -0.1) is 0 Å². The molecule has 0 saturated carbocycles. The third-order valence-electron chi connectivity index (χ3n) is 5.25. The number of carbonyl (C=O) groups excluding carboxylic acids is 1. The van der Waals surface area contributed by atoms with Crippen LogP contribution in [0.4, 0.5) is 11.5 Å². The van der Waals surface area contributed by atoms with Gasteiger partial charge >= 0.3 is 0 Å². The SMILES string of the molecule is Cc1cccc2c1NCCC2C(=O)n1nc2c(c1N)CC[C@@H](N)C2. The molecule has 1 unspecified atom stereocenters. The van der Waals surface area contributed by atoms with E-state index in [9.17, 15) is 4.79 Å². The highest BCUT2D eigenvalue weighted by atomic mass is 16.2. The van der Waals surface area contributed by atoms with Crippen LogP contribution in [0, 0.1) is 6.92 Å². The molecule has 6 heteroatoms. The van der Waals surface area contributed by atoms with Gasteiger partial charge in [0.05, 0.1) is 11.6 Å². The van der Waals surface area contributed by atoms with Crippen molar-refractivity contribution in [3.8, 4) is 0 Å². The molecule has 1 aromatic carbocycles. The predicted octanol–water partition coefficient (Wildman–Crippen LogP) is 1.83. The van der Waals surface area contributed by atoms with Gasteiger partial charge in [-0.2, -0.15) is 9.78 Å². The van der Waals surface area contributed by atoms with Crippen molar-refractivity contribution < 1.29 is 4.79 Å². The van der Waals surface area contributed by atoms with Crippen molar-refractivity contribution in [2.24, 2.45) is 5.73 Å². The van der Waals surface area contributed by atoms with Crippen LogP contribution >= 0.6 is 0 Å². The normalized spacial score (nSPS) is 22.4. The fourth-order valence-corrected chi connectivity index (χ4v) is 3.92. The molecule has 0 amide bonds. The number of hydrogen-bond donors (Lipinski definition) is 3. The third kappa shape index (κ3) is 2.29. The molecule has 2 atom stereocenters. The highest BCUT2D eigenvalue weighted by Crippen LogP contribution is 2.36. The molecule has 0 fully saturated rings. The van der Waals surface area contributed by atoms with Gasteiger partial charge in [-0.3, -0.25) is 4.79 Å². The lowest BCUT2D eigenvalue weighted by atomic mass is 9.88. The molecule has 1 aliphatic heterocycles. The van der Waals surface area contributed by atoms with E-state index in [-0.39, 0.29) is 17.9 Å².